The number of benzene rings is 1. The summed E-state index contributed by atoms with van der Waals surface area (Å²) in [5, 5.41) is 3.31. The number of H-pyrrole nitrogens is 1. The molecule has 3 aromatic rings. The number of aromatic amines is 1. The Labute approximate surface area is 114 Å². The molecule has 0 radical (unpaired) electrons. The first-order valence-electron chi connectivity index (χ1n) is 6.22. The Kier molecular flexibility index (Phi) is 2.90. The van der Waals surface area contributed by atoms with Crippen molar-refractivity contribution in [1.82, 2.24) is 9.97 Å². The average Bonchev–Trinajstić information content (AvgIpc) is 2.79. The molecule has 1 atom stereocenters. The van der Waals surface area contributed by atoms with E-state index in [1.54, 1.807) is 24.5 Å². The van der Waals surface area contributed by atoms with Gasteiger partial charge in [-0.05, 0) is 30.7 Å². The van der Waals surface area contributed by atoms with E-state index in [0.717, 1.165) is 11.3 Å². The van der Waals surface area contributed by atoms with E-state index in [-0.39, 0.29) is 6.04 Å². The summed E-state index contributed by atoms with van der Waals surface area (Å²) < 4.78 is 4.97. The Morgan fingerprint density at radius 1 is 1.35 bits per heavy atom. The Balaban J connectivity index is 1.94. The zero-order chi connectivity index (χ0) is 14.1. The molecule has 0 bridgehead atoms. The zero-order valence-corrected chi connectivity index (χ0v) is 10.9. The molecule has 0 spiro atoms. The van der Waals surface area contributed by atoms with E-state index < -0.39 is 5.76 Å². The van der Waals surface area contributed by atoms with Crippen LogP contribution in [0, 0.1) is 0 Å². The highest BCUT2D eigenvalue weighted by molar-refractivity contribution is 5.85. The number of pyridine rings is 1. The predicted molar refractivity (Wildman–Crippen MR) is 77.5 cm³/mol. The van der Waals surface area contributed by atoms with Gasteiger partial charge in [-0.15, -0.1) is 0 Å². The summed E-state index contributed by atoms with van der Waals surface area (Å²) in [6, 6.07) is 7.34. The minimum Gasteiger partial charge on any atom is -0.408 e. The number of nitrogens with zero attached hydrogens (tertiary/aromatic N) is 1. The quantitative estimate of drug-likeness (QED) is 0.634. The smallest absolute Gasteiger partial charge is 0.408 e. The number of aromatic nitrogens is 2. The molecule has 4 N–H and O–H groups in total. The number of nitrogen functional groups attached to an aromatic ring is 1. The normalized spacial score (nSPS) is 12.4. The molecule has 102 valence electrons. The predicted octanol–water partition coefficient (Wildman–Crippen LogP) is 2.27. The Morgan fingerprint density at radius 2 is 2.10 bits per heavy atom. The van der Waals surface area contributed by atoms with Crippen molar-refractivity contribution in [3.8, 4) is 0 Å². The van der Waals surface area contributed by atoms with Gasteiger partial charge in [-0.3, -0.25) is 9.97 Å². The molecule has 0 aliphatic heterocycles. The molecule has 0 amide bonds. The lowest BCUT2D eigenvalue weighted by atomic mass is 10.1. The molecule has 1 unspecified atom stereocenters. The third kappa shape index (κ3) is 2.23. The highest BCUT2D eigenvalue weighted by Gasteiger charge is 2.10. The fourth-order valence-corrected chi connectivity index (χ4v) is 2.11. The largest absolute Gasteiger partial charge is 0.417 e. The molecular formula is C14H14N4O2. The van der Waals surface area contributed by atoms with Crippen molar-refractivity contribution >= 4 is 22.5 Å². The minimum atomic E-state index is -0.487. The van der Waals surface area contributed by atoms with Gasteiger partial charge in [-0.25, -0.2) is 4.79 Å². The Bertz CT molecular complexity index is 792. The molecule has 6 heteroatoms. The van der Waals surface area contributed by atoms with Crippen molar-refractivity contribution in [3.63, 3.8) is 0 Å². The van der Waals surface area contributed by atoms with Gasteiger partial charge in [0.15, 0.2) is 5.58 Å². The van der Waals surface area contributed by atoms with Gasteiger partial charge in [0.1, 0.15) is 0 Å². The van der Waals surface area contributed by atoms with Crippen LogP contribution in [0.25, 0.3) is 11.1 Å². The number of fused-ring (bicyclic) bond motifs is 1. The van der Waals surface area contributed by atoms with Crippen LogP contribution in [0.1, 0.15) is 18.5 Å². The van der Waals surface area contributed by atoms with Crippen molar-refractivity contribution in [2.24, 2.45) is 0 Å². The highest BCUT2D eigenvalue weighted by Crippen LogP contribution is 2.27. The van der Waals surface area contributed by atoms with Crippen molar-refractivity contribution in [3.05, 3.63) is 52.8 Å². The third-order valence-corrected chi connectivity index (χ3v) is 3.17. The van der Waals surface area contributed by atoms with Crippen LogP contribution in [0.3, 0.4) is 0 Å². The minimum absolute atomic E-state index is 0.0661. The summed E-state index contributed by atoms with van der Waals surface area (Å²) in [6.07, 6.45) is 3.49. The summed E-state index contributed by atoms with van der Waals surface area (Å²) in [6.45, 7) is 2.02. The number of anilines is 2. The molecule has 2 heterocycles. The average molecular weight is 270 g/mol. The molecule has 0 saturated heterocycles. The van der Waals surface area contributed by atoms with Crippen LogP contribution in [0.5, 0.6) is 0 Å². The number of nitrogens with two attached hydrogens (primary N) is 1. The van der Waals surface area contributed by atoms with Crippen LogP contribution < -0.4 is 16.8 Å². The second-order valence-corrected chi connectivity index (χ2v) is 4.60. The molecule has 6 nitrogen and oxygen atoms in total. The fourth-order valence-electron chi connectivity index (χ4n) is 2.11. The second-order valence-electron chi connectivity index (χ2n) is 4.60. The number of rotatable bonds is 3. The summed E-state index contributed by atoms with van der Waals surface area (Å²) in [5.74, 6) is -0.487. The molecule has 0 aliphatic carbocycles. The van der Waals surface area contributed by atoms with Gasteiger partial charge in [0, 0.05) is 24.5 Å². The van der Waals surface area contributed by atoms with Gasteiger partial charge >= 0.3 is 5.76 Å². The molecule has 20 heavy (non-hydrogen) atoms. The van der Waals surface area contributed by atoms with Gasteiger partial charge in [0.05, 0.1) is 16.9 Å². The first-order chi connectivity index (χ1) is 9.63. The summed E-state index contributed by atoms with van der Waals surface area (Å²) in [4.78, 5) is 17.8. The monoisotopic (exact) mass is 270 g/mol. The van der Waals surface area contributed by atoms with Gasteiger partial charge in [0.25, 0.3) is 0 Å². The van der Waals surface area contributed by atoms with E-state index in [1.165, 1.54) is 0 Å². The van der Waals surface area contributed by atoms with Crippen LogP contribution in [0.2, 0.25) is 0 Å². The molecule has 0 fully saturated rings. The van der Waals surface area contributed by atoms with Crippen LogP contribution in [-0.2, 0) is 0 Å². The summed E-state index contributed by atoms with van der Waals surface area (Å²) in [7, 11) is 0. The molecule has 1 aromatic carbocycles. The maximum absolute atomic E-state index is 11.2. The van der Waals surface area contributed by atoms with E-state index in [9.17, 15) is 4.79 Å². The first kappa shape index (κ1) is 12.3. The van der Waals surface area contributed by atoms with Gasteiger partial charge in [0.2, 0.25) is 0 Å². The van der Waals surface area contributed by atoms with Crippen LogP contribution in [0.15, 0.2) is 45.9 Å². The van der Waals surface area contributed by atoms with Crippen LogP contribution in [0.4, 0.5) is 11.4 Å². The van der Waals surface area contributed by atoms with Gasteiger partial charge < -0.3 is 15.5 Å². The maximum atomic E-state index is 11.2. The fraction of sp³-hybridized carbons (Fsp3) is 0.143. The molecule has 0 saturated carbocycles. The van der Waals surface area contributed by atoms with Crippen molar-refractivity contribution in [2.45, 2.75) is 13.0 Å². The van der Waals surface area contributed by atoms with Crippen LogP contribution >= 0.6 is 0 Å². The van der Waals surface area contributed by atoms with Crippen molar-refractivity contribution in [2.75, 3.05) is 11.1 Å². The molecule has 2 aromatic heterocycles. The lowest BCUT2D eigenvalue weighted by Gasteiger charge is -2.16. The SMILES string of the molecule is CC(Nc1cc2[nH]c(=O)oc2cc1N)c1ccncc1. The van der Waals surface area contributed by atoms with Crippen molar-refractivity contribution in [1.29, 1.82) is 0 Å². The second kappa shape index (κ2) is 4.73. The first-order valence-corrected chi connectivity index (χ1v) is 6.22. The van der Waals surface area contributed by atoms with Crippen LogP contribution in [-0.4, -0.2) is 9.97 Å². The molecule has 3 rings (SSSR count). The number of nitrogens with one attached hydrogen (secondary N) is 2. The van der Waals surface area contributed by atoms with E-state index in [4.69, 9.17) is 10.2 Å². The zero-order valence-electron chi connectivity index (χ0n) is 10.9. The van der Waals surface area contributed by atoms with Gasteiger partial charge in [-0.2, -0.15) is 0 Å². The third-order valence-electron chi connectivity index (χ3n) is 3.17. The number of oxazole rings is 1. The maximum Gasteiger partial charge on any atom is 0.417 e. The van der Waals surface area contributed by atoms with E-state index in [0.29, 0.717) is 16.8 Å². The topological polar surface area (TPSA) is 96.9 Å². The number of hydrogen-bond donors (Lipinski definition) is 3. The van der Waals surface area contributed by atoms with E-state index >= 15 is 0 Å². The number of hydrogen-bond acceptors (Lipinski definition) is 5. The molecule has 0 aliphatic rings. The lowest BCUT2D eigenvalue weighted by Crippen LogP contribution is -2.08. The van der Waals surface area contributed by atoms with Crippen molar-refractivity contribution < 1.29 is 4.42 Å². The highest BCUT2D eigenvalue weighted by atomic mass is 16.4. The molecular weight excluding hydrogens is 256 g/mol. The lowest BCUT2D eigenvalue weighted by molar-refractivity contribution is 0.555. The summed E-state index contributed by atoms with van der Waals surface area (Å²) >= 11 is 0. The van der Waals surface area contributed by atoms with E-state index in [2.05, 4.69) is 15.3 Å². The van der Waals surface area contributed by atoms with E-state index in [1.807, 2.05) is 19.1 Å². The summed E-state index contributed by atoms with van der Waals surface area (Å²) in [5.41, 5.74) is 9.42. The Morgan fingerprint density at radius 3 is 2.85 bits per heavy atom. The standard InChI is InChI=1S/C14H14N4O2/c1-8(9-2-4-16-5-3-9)17-11-7-12-13(6-10(11)15)20-14(19)18-12/h2-8,17H,15H2,1H3,(H,18,19). The van der Waals surface area contributed by atoms with Gasteiger partial charge in [-0.1, -0.05) is 0 Å². The Hall–Kier alpha value is -2.76.